The highest BCUT2D eigenvalue weighted by Gasteiger charge is 2.38. The standard InChI is InChI=1S/C48H47N5O7S/c1-48(2,61)14-13-45(54)51-32-16-28(26-59-43-22-37-35(20-41(43)57-3)46(55)52-33(24-49-37)18-30-9-5-7-11-39(30)52)15-29(17-32)27-60-44-23-38-36(21-42(44)58-4)47(56)53-34(25-50-38)19-31-10-6-8-12-40(31)53/h5-12,15-17,20-24,33-34,50,61H,13-14,18-19,25-27H2,1-4H3,(H,51,54)/t33-,34-/m0/s1. The van der Waals surface area contributed by atoms with Crippen LogP contribution in [0, 0.1) is 0 Å². The van der Waals surface area contributed by atoms with E-state index in [1.54, 1.807) is 30.2 Å². The number of benzene rings is 5. The van der Waals surface area contributed by atoms with Crippen LogP contribution in [0.3, 0.4) is 0 Å². The first-order valence-corrected chi connectivity index (χ1v) is 20.9. The van der Waals surface area contributed by atoms with Crippen molar-refractivity contribution in [3.8, 4) is 23.0 Å². The van der Waals surface area contributed by atoms with Gasteiger partial charge in [0.25, 0.3) is 11.8 Å². The summed E-state index contributed by atoms with van der Waals surface area (Å²) in [5, 5.41) is 6.54. The molecule has 5 aromatic carbocycles. The van der Waals surface area contributed by atoms with Crippen molar-refractivity contribution in [3.63, 3.8) is 0 Å². The summed E-state index contributed by atoms with van der Waals surface area (Å²) >= 11 is 4.59. The average molecular weight is 838 g/mol. The SMILES string of the molecule is COc1cc2c(cc1OCc1cc(COc3cc4c(cc3OC)C(=O)N3c5ccccc5C[C@H]3CN4)cc(NC(=O)CCC(C)(C)S)c1)N=C[C@@H]1Cc3ccccc3N1C2=O. The molecular formula is C48H47N5O7S. The maximum atomic E-state index is 14.0. The number of aliphatic imine (C=N–C) groups is 1. The molecule has 2 atom stereocenters. The lowest BCUT2D eigenvalue weighted by Gasteiger charge is -2.22. The van der Waals surface area contributed by atoms with Crippen LogP contribution in [0.4, 0.5) is 28.4 Å². The first-order valence-electron chi connectivity index (χ1n) is 20.4. The van der Waals surface area contributed by atoms with Crippen LogP contribution in [-0.4, -0.2) is 61.5 Å². The Balaban J connectivity index is 0.968. The van der Waals surface area contributed by atoms with Crippen LogP contribution in [0.5, 0.6) is 23.0 Å². The number of nitrogens with one attached hydrogen (secondary N) is 2. The summed E-state index contributed by atoms with van der Waals surface area (Å²) in [5.74, 6) is 1.30. The number of amides is 3. The lowest BCUT2D eigenvalue weighted by molar-refractivity contribution is -0.116. The van der Waals surface area contributed by atoms with E-state index in [1.165, 1.54) is 7.11 Å². The van der Waals surface area contributed by atoms with E-state index in [0.29, 0.717) is 77.0 Å². The zero-order valence-corrected chi connectivity index (χ0v) is 35.4. The molecule has 2 N–H and O–H groups in total. The van der Waals surface area contributed by atoms with Crippen LogP contribution in [0.25, 0.3) is 0 Å². The van der Waals surface area contributed by atoms with Gasteiger partial charge in [-0.25, -0.2) is 0 Å². The van der Waals surface area contributed by atoms with Gasteiger partial charge in [0, 0.05) is 59.5 Å². The zero-order chi connectivity index (χ0) is 42.4. The third kappa shape index (κ3) is 7.97. The number of ether oxygens (including phenoxy) is 4. The molecular weight excluding hydrogens is 791 g/mol. The van der Waals surface area contributed by atoms with Crippen LogP contribution in [0.2, 0.25) is 0 Å². The van der Waals surface area contributed by atoms with Gasteiger partial charge >= 0.3 is 0 Å². The second-order valence-corrected chi connectivity index (χ2v) is 17.7. The highest BCUT2D eigenvalue weighted by molar-refractivity contribution is 7.81. The fraction of sp³-hybridized carbons (Fsp3) is 0.292. The van der Waals surface area contributed by atoms with Crippen LogP contribution in [0.1, 0.15) is 69.7 Å². The van der Waals surface area contributed by atoms with E-state index >= 15 is 0 Å². The van der Waals surface area contributed by atoms with Crippen LogP contribution >= 0.6 is 12.6 Å². The second kappa shape index (κ2) is 16.2. The molecule has 12 nitrogen and oxygen atoms in total. The van der Waals surface area contributed by atoms with E-state index in [-0.39, 0.29) is 47.8 Å². The van der Waals surface area contributed by atoms with Crippen molar-refractivity contribution in [3.05, 3.63) is 124 Å². The van der Waals surface area contributed by atoms with Crippen molar-refractivity contribution < 1.29 is 33.3 Å². The Bertz CT molecular complexity index is 2600. The highest BCUT2D eigenvalue weighted by atomic mass is 32.1. The van der Waals surface area contributed by atoms with Crippen LogP contribution in [-0.2, 0) is 30.8 Å². The summed E-state index contributed by atoms with van der Waals surface area (Å²) in [7, 11) is 3.09. The predicted octanol–water partition coefficient (Wildman–Crippen LogP) is 8.57. The molecule has 0 radical (unpaired) electrons. The molecule has 9 rings (SSSR count). The van der Waals surface area contributed by atoms with Gasteiger partial charge in [-0.15, -0.1) is 0 Å². The molecule has 0 aliphatic carbocycles. The van der Waals surface area contributed by atoms with E-state index in [2.05, 4.69) is 29.3 Å². The molecule has 3 amide bonds. The topological polar surface area (TPSA) is 131 Å². The van der Waals surface area contributed by atoms with E-state index in [0.717, 1.165) is 40.0 Å². The number of thiol groups is 1. The van der Waals surface area contributed by atoms with Crippen LogP contribution < -0.4 is 39.4 Å². The number of nitrogens with zero attached hydrogens (tertiary/aromatic N) is 3. The van der Waals surface area contributed by atoms with Crippen molar-refractivity contribution in [1.82, 2.24) is 0 Å². The molecule has 0 fully saturated rings. The molecule has 13 heteroatoms. The number of anilines is 4. The van der Waals surface area contributed by atoms with E-state index < -0.39 is 0 Å². The number of hydrogen-bond acceptors (Lipinski definition) is 10. The molecule has 0 unspecified atom stereocenters. The average Bonchev–Trinajstić information content (AvgIpc) is 3.74. The molecule has 0 bridgehead atoms. The van der Waals surface area contributed by atoms with Crippen molar-refractivity contribution >= 4 is 65.0 Å². The zero-order valence-electron chi connectivity index (χ0n) is 34.5. The maximum Gasteiger partial charge on any atom is 0.261 e. The molecule has 0 saturated heterocycles. The van der Waals surface area contributed by atoms with Gasteiger partial charge in [0.15, 0.2) is 23.0 Å². The molecule has 0 spiro atoms. The molecule has 0 saturated carbocycles. The van der Waals surface area contributed by atoms with E-state index in [4.69, 9.17) is 23.9 Å². The smallest absolute Gasteiger partial charge is 0.261 e. The number of carbonyl (C=O) groups excluding carboxylic acids is 3. The Hall–Kier alpha value is -6.47. The predicted molar refractivity (Wildman–Crippen MR) is 240 cm³/mol. The van der Waals surface area contributed by atoms with E-state index in [9.17, 15) is 14.4 Å². The Morgan fingerprint density at radius 1 is 0.787 bits per heavy atom. The second-order valence-electron chi connectivity index (χ2n) is 16.4. The summed E-state index contributed by atoms with van der Waals surface area (Å²) in [4.78, 5) is 49.5. The van der Waals surface area contributed by atoms with Crippen molar-refractivity contribution in [1.29, 1.82) is 0 Å². The largest absolute Gasteiger partial charge is 0.493 e. The molecule has 312 valence electrons. The number of rotatable bonds is 12. The van der Waals surface area contributed by atoms with Gasteiger partial charge in [0.05, 0.1) is 48.8 Å². The molecule has 5 aromatic rings. The fourth-order valence-corrected chi connectivity index (χ4v) is 8.68. The lowest BCUT2D eigenvalue weighted by Crippen LogP contribution is -2.39. The molecule has 4 heterocycles. The number of hydrogen-bond donors (Lipinski definition) is 3. The number of carbonyl (C=O) groups is 3. The number of para-hydroxylation sites is 2. The minimum Gasteiger partial charge on any atom is -0.493 e. The summed E-state index contributed by atoms with van der Waals surface area (Å²) in [6.07, 6.45) is 4.17. The minimum atomic E-state index is -0.304. The van der Waals surface area contributed by atoms with Crippen molar-refractivity contribution in [2.75, 3.05) is 41.2 Å². The fourth-order valence-electron chi connectivity index (χ4n) is 8.57. The monoisotopic (exact) mass is 837 g/mol. The van der Waals surface area contributed by atoms with Crippen molar-refractivity contribution in [2.24, 2.45) is 4.99 Å². The summed E-state index contributed by atoms with van der Waals surface area (Å²) < 4.78 is 24.0. The number of methoxy groups -OCH3 is 2. The third-order valence-electron chi connectivity index (χ3n) is 11.6. The maximum absolute atomic E-state index is 14.0. The van der Waals surface area contributed by atoms with Gasteiger partial charge in [0.2, 0.25) is 5.91 Å². The minimum absolute atomic E-state index is 0.0121. The first kappa shape index (κ1) is 40.0. The third-order valence-corrected chi connectivity index (χ3v) is 11.8. The van der Waals surface area contributed by atoms with E-state index in [1.807, 2.05) is 91.7 Å². The van der Waals surface area contributed by atoms with Gasteiger partial charge < -0.3 is 34.5 Å². The Morgan fingerprint density at radius 2 is 1.39 bits per heavy atom. The molecule has 0 aromatic heterocycles. The Morgan fingerprint density at radius 3 is 2.07 bits per heavy atom. The quantitative estimate of drug-likeness (QED) is 0.107. The Labute approximate surface area is 360 Å². The van der Waals surface area contributed by atoms with Crippen LogP contribution in [0.15, 0.2) is 96.0 Å². The van der Waals surface area contributed by atoms with Gasteiger partial charge in [-0.05, 0) is 77.6 Å². The summed E-state index contributed by atoms with van der Waals surface area (Å²) in [5.41, 5.74) is 8.25. The first-order chi connectivity index (χ1) is 29.5. The molecule has 4 aliphatic heterocycles. The molecule has 4 aliphatic rings. The van der Waals surface area contributed by atoms with Gasteiger partial charge in [0.1, 0.15) is 13.2 Å². The van der Waals surface area contributed by atoms with Crippen molar-refractivity contribution in [2.45, 2.75) is 69.6 Å². The van der Waals surface area contributed by atoms with Gasteiger partial charge in [-0.3, -0.25) is 24.3 Å². The highest BCUT2D eigenvalue weighted by Crippen LogP contribution is 2.43. The number of fused-ring (bicyclic) bond motifs is 8. The summed E-state index contributed by atoms with van der Waals surface area (Å²) in [6.45, 7) is 4.75. The summed E-state index contributed by atoms with van der Waals surface area (Å²) in [6, 6.07) is 28.4. The molecule has 61 heavy (non-hydrogen) atoms. The normalized spacial score (nSPS) is 17.1. The Kier molecular flexibility index (Phi) is 10.6. The van der Waals surface area contributed by atoms with Gasteiger partial charge in [-0.1, -0.05) is 50.2 Å². The van der Waals surface area contributed by atoms with Gasteiger partial charge in [-0.2, -0.15) is 12.6 Å². The lowest BCUT2D eigenvalue weighted by atomic mass is 10.1.